The van der Waals surface area contributed by atoms with E-state index in [4.69, 9.17) is 14.9 Å². The number of carbonyl (C=O) groups excluding carboxylic acids is 1. The Morgan fingerprint density at radius 1 is 1.12 bits per heavy atom. The van der Waals surface area contributed by atoms with Crippen LogP contribution in [-0.4, -0.2) is 58.1 Å². The normalized spacial score (nSPS) is 23.2. The average molecular weight is 437 g/mol. The third-order valence-corrected chi connectivity index (χ3v) is 6.77. The first-order chi connectivity index (χ1) is 15.4. The number of nitrogens with zero attached hydrogens (tertiary/aromatic N) is 3. The molecule has 0 unspecified atom stereocenters. The maximum atomic E-state index is 12.3. The van der Waals surface area contributed by atoms with Crippen LogP contribution in [0.15, 0.2) is 36.4 Å². The summed E-state index contributed by atoms with van der Waals surface area (Å²) in [5, 5.41) is 16.7. The van der Waals surface area contributed by atoms with E-state index in [1.807, 2.05) is 29.2 Å². The lowest BCUT2D eigenvalue weighted by Crippen LogP contribution is -2.35. The van der Waals surface area contributed by atoms with Crippen LogP contribution in [0, 0.1) is 11.8 Å². The lowest BCUT2D eigenvalue weighted by molar-refractivity contribution is -0.130. The van der Waals surface area contributed by atoms with Gasteiger partial charge in [0, 0.05) is 44.1 Å². The number of benzene rings is 1. The second-order valence-electron chi connectivity index (χ2n) is 8.59. The van der Waals surface area contributed by atoms with Crippen LogP contribution in [0.3, 0.4) is 0 Å². The van der Waals surface area contributed by atoms with Crippen LogP contribution in [0.5, 0.6) is 0 Å². The van der Waals surface area contributed by atoms with Crippen molar-refractivity contribution in [1.29, 1.82) is 0 Å². The van der Waals surface area contributed by atoms with Gasteiger partial charge in [0.15, 0.2) is 0 Å². The number of carboxylic acid groups (broad SMARTS) is 2. The van der Waals surface area contributed by atoms with Gasteiger partial charge in [-0.2, -0.15) is 0 Å². The number of hydrogen-bond acceptors (Lipinski definition) is 5. The Hall–Kier alpha value is -3.42. The molecule has 5 rings (SSSR count). The highest BCUT2D eigenvalue weighted by molar-refractivity contribution is 5.94. The van der Waals surface area contributed by atoms with Gasteiger partial charge >= 0.3 is 5.97 Å². The predicted molar refractivity (Wildman–Crippen MR) is 118 cm³/mol. The Morgan fingerprint density at radius 3 is 2.50 bits per heavy atom. The van der Waals surface area contributed by atoms with Crippen molar-refractivity contribution in [3.63, 3.8) is 0 Å². The second-order valence-corrected chi connectivity index (χ2v) is 8.59. The number of aromatic carboxylic acids is 1. The van der Waals surface area contributed by atoms with E-state index < -0.39 is 5.97 Å². The van der Waals surface area contributed by atoms with Gasteiger partial charge in [-0.15, -0.1) is 0 Å². The maximum Gasteiger partial charge on any atom is 0.339 e. The molecule has 3 heterocycles. The molecule has 3 atom stereocenters. The smallest absolute Gasteiger partial charge is 0.339 e. The van der Waals surface area contributed by atoms with Crippen molar-refractivity contribution in [2.75, 3.05) is 24.5 Å². The van der Waals surface area contributed by atoms with E-state index in [-0.39, 0.29) is 24.3 Å². The minimum Gasteiger partial charge on any atom is -0.483 e. The molecule has 1 aromatic carbocycles. The standard InChI is InChI=1S/C23H25N3O3.CH2O2/c1-14(27)26-12-17-11-25(13-19(17)21(26)15-6-3-2-4-7-15)22-18(23(28)29)10-16-8-5-9-20(16)24-22;2-1-3/h2-4,6-7,10,17,19,21H,5,8-9,11-13H2,1H3,(H,28,29);1H,(H,2,3)/t17-,19-,21-;/m1./s1. The summed E-state index contributed by atoms with van der Waals surface area (Å²) in [4.78, 5) is 41.5. The Morgan fingerprint density at radius 2 is 1.84 bits per heavy atom. The van der Waals surface area contributed by atoms with Crippen LogP contribution < -0.4 is 4.90 Å². The molecular formula is C24H27N3O5. The summed E-state index contributed by atoms with van der Waals surface area (Å²) < 4.78 is 0. The number of anilines is 1. The molecule has 0 saturated carbocycles. The molecular weight excluding hydrogens is 410 g/mol. The van der Waals surface area contributed by atoms with Gasteiger partial charge in [0.05, 0.1) is 6.04 Å². The average Bonchev–Trinajstić information content (AvgIpc) is 3.47. The molecule has 3 aliphatic rings. The number of carbonyl (C=O) groups is 3. The second kappa shape index (κ2) is 8.98. The summed E-state index contributed by atoms with van der Waals surface area (Å²) in [5.41, 5.74) is 3.59. The van der Waals surface area contributed by atoms with Crippen molar-refractivity contribution >= 4 is 24.2 Å². The number of carboxylic acids is 1. The van der Waals surface area contributed by atoms with E-state index >= 15 is 0 Å². The summed E-state index contributed by atoms with van der Waals surface area (Å²) >= 11 is 0. The quantitative estimate of drug-likeness (QED) is 0.710. The number of hydrogen-bond donors (Lipinski definition) is 2. The summed E-state index contributed by atoms with van der Waals surface area (Å²) in [6.45, 7) is 3.56. The van der Waals surface area contributed by atoms with Crippen LogP contribution in [0.1, 0.15) is 46.6 Å². The topological polar surface area (TPSA) is 111 Å². The summed E-state index contributed by atoms with van der Waals surface area (Å²) in [6.07, 6.45) is 2.88. The number of pyridine rings is 1. The summed E-state index contributed by atoms with van der Waals surface area (Å²) in [6, 6.07) is 12.0. The number of amides is 1. The summed E-state index contributed by atoms with van der Waals surface area (Å²) in [5.74, 6) is 0.387. The third-order valence-electron chi connectivity index (χ3n) is 6.77. The van der Waals surface area contributed by atoms with Crippen LogP contribution in [-0.2, 0) is 22.4 Å². The van der Waals surface area contributed by atoms with Crippen molar-refractivity contribution < 1.29 is 24.6 Å². The Kier molecular flexibility index (Phi) is 6.12. The zero-order chi connectivity index (χ0) is 22.8. The number of likely N-dealkylation sites (tertiary alicyclic amines) is 1. The van der Waals surface area contributed by atoms with Crippen LogP contribution in [0.2, 0.25) is 0 Å². The SMILES string of the molecule is CC(=O)N1C[C@H]2CN(c3nc4c(cc3C(=O)O)CCC4)C[C@H]2[C@H]1c1ccccc1.O=CO. The monoisotopic (exact) mass is 437 g/mol. The fourth-order valence-corrected chi connectivity index (χ4v) is 5.48. The molecule has 2 aromatic rings. The van der Waals surface area contributed by atoms with E-state index in [0.29, 0.717) is 23.8 Å². The molecule has 168 valence electrons. The minimum atomic E-state index is -0.913. The van der Waals surface area contributed by atoms with Crippen molar-refractivity contribution in [3.05, 3.63) is 58.8 Å². The highest BCUT2D eigenvalue weighted by Gasteiger charge is 2.49. The van der Waals surface area contributed by atoms with E-state index in [0.717, 1.165) is 49.2 Å². The fourth-order valence-electron chi connectivity index (χ4n) is 5.48. The Labute approximate surface area is 186 Å². The van der Waals surface area contributed by atoms with Gasteiger partial charge in [-0.3, -0.25) is 9.59 Å². The molecule has 1 aromatic heterocycles. The molecule has 8 nitrogen and oxygen atoms in total. The lowest BCUT2D eigenvalue weighted by atomic mass is 9.89. The molecule has 2 saturated heterocycles. The molecule has 1 amide bonds. The zero-order valence-corrected chi connectivity index (χ0v) is 18.0. The van der Waals surface area contributed by atoms with Gasteiger partial charge in [0.1, 0.15) is 11.4 Å². The number of aromatic nitrogens is 1. The van der Waals surface area contributed by atoms with Crippen molar-refractivity contribution in [2.24, 2.45) is 11.8 Å². The Bertz CT molecular complexity index is 1030. The van der Waals surface area contributed by atoms with Gasteiger partial charge in [-0.05, 0) is 36.5 Å². The van der Waals surface area contributed by atoms with Gasteiger partial charge in [0.25, 0.3) is 6.47 Å². The Balaban J connectivity index is 0.000000775. The van der Waals surface area contributed by atoms with Crippen LogP contribution in [0.25, 0.3) is 0 Å². The molecule has 0 spiro atoms. The molecule has 32 heavy (non-hydrogen) atoms. The zero-order valence-electron chi connectivity index (χ0n) is 18.0. The van der Waals surface area contributed by atoms with E-state index in [1.165, 1.54) is 0 Å². The summed E-state index contributed by atoms with van der Waals surface area (Å²) in [7, 11) is 0. The third kappa shape index (κ3) is 3.92. The van der Waals surface area contributed by atoms with Crippen LogP contribution in [0.4, 0.5) is 5.82 Å². The van der Waals surface area contributed by atoms with Gasteiger partial charge in [0.2, 0.25) is 5.91 Å². The van der Waals surface area contributed by atoms with Gasteiger partial charge < -0.3 is 20.0 Å². The first kappa shape index (κ1) is 21.8. The predicted octanol–water partition coefficient (Wildman–Crippen LogP) is 2.63. The first-order valence-corrected chi connectivity index (χ1v) is 10.9. The van der Waals surface area contributed by atoms with Crippen LogP contribution >= 0.6 is 0 Å². The largest absolute Gasteiger partial charge is 0.483 e. The highest BCUT2D eigenvalue weighted by atomic mass is 16.4. The lowest BCUT2D eigenvalue weighted by Gasteiger charge is -2.30. The molecule has 0 radical (unpaired) electrons. The highest BCUT2D eigenvalue weighted by Crippen LogP contribution is 2.46. The van der Waals surface area contributed by atoms with Gasteiger partial charge in [-0.1, -0.05) is 30.3 Å². The first-order valence-electron chi connectivity index (χ1n) is 10.9. The van der Waals surface area contributed by atoms with E-state index in [9.17, 15) is 14.7 Å². The van der Waals surface area contributed by atoms with Gasteiger partial charge in [-0.25, -0.2) is 9.78 Å². The van der Waals surface area contributed by atoms with E-state index in [1.54, 1.807) is 6.92 Å². The van der Waals surface area contributed by atoms with E-state index in [2.05, 4.69) is 17.0 Å². The molecule has 0 bridgehead atoms. The number of aryl methyl sites for hydroxylation is 2. The van der Waals surface area contributed by atoms with Crippen molar-refractivity contribution in [2.45, 2.75) is 32.2 Å². The molecule has 8 heteroatoms. The fraction of sp³-hybridized carbons (Fsp3) is 0.417. The number of fused-ring (bicyclic) bond motifs is 2. The maximum absolute atomic E-state index is 12.3. The molecule has 1 aliphatic carbocycles. The minimum absolute atomic E-state index is 0.0337. The molecule has 2 aliphatic heterocycles. The molecule has 2 fully saturated rings. The van der Waals surface area contributed by atoms with Crippen molar-refractivity contribution in [1.82, 2.24) is 9.88 Å². The molecule has 2 N–H and O–H groups in total. The number of rotatable bonds is 3. The van der Waals surface area contributed by atoms with Crippen molar-refractivity contribution in [3.8, 4) is 0 Å².